The summed E-state index contributed by atoms with van der Waals surface area (Å²) in [5.41, 5.74) is 4.88. The van der Waals surface area contributed by atoms with E-state index in [0.29, 0.717) is 16.7 Å². The summed E-state index contributed by atoms with van der Waals surface area (Å²) in [4.78, 5) is 40.9. The van der Waals surface area contributed by atoms with Gasteiger partial charge in [-0.3, -0.25) is 29.8 Å². The lowest BCUT2D eigenvalue weighted by molar-refractivity contribution is -0.132. The Labute approximate surface area is 171 Å². The van der Waals surface area contributed by atoms with Crippen molar-refractivity contribution in [3.63, 3.8) is 0 Å². The summed E-state index contributed by atoms with van der Waals surface area (Å²) in [5.74, 6) is -1.30. The van der Waals surface area contributed by atoms with Crippen molar-refractivity contribution in [3.8, 4) is 5.75 Å². The number of hydrogen-bond donors (Lipinski definition) is 2. The number of para-hydroxylation sites is 2. The number of nitrogens with zero attached hydrogens (tertiary/aromatic N) is 2. The van der Waals surface area contributed by atoms with Gasteiger partial charge in [0.15, 0.2) is 17.7 Å². The van der Waals surface area contributed by atoms with Crippen LogP contribution >= 0.6 is 0 Å². The van der Waals surface area contributed by atoms with E-state index >= 15 is 0 Å². The molecule has 3 aromatic rings. The van der Waals surface area contributed by atoms with E-state index in [-0.39, 0.29) is 24.2 Å². The predicted molar refractivity (Wildman–Crippen MR) is 108 cm³/mol. The van der Waals surface area contributed by atoms with Crippen LogP contribution in [-0.2, 0) is 23.1 Å². The summed E-state index contributed by atoms with van der Waals surface area (Å²) < 4.78 is 20.2. The van der Waals surface area contributed by atoms with Crippen molar-refractivity contribution in [2.75, 3.05) is 0 Å². The van der Waals surface area contributed by atoms with Gasteiger partial charge in [-0.1, -0.05) is 24.3 Å². The maximum atomic E-state index is 13.6. The topological polar surface area (TPSA) is 102 Å². The number of amides is 2. The van der Waals surface area contributed by atoms with Crippen molar-refractivity contribution in [1.82, 2.24) is 20.4 Å². The van der Waals surface area contributed by atoms with Gasteiger partial charge in [-0.25, -0.2) is 9.37 Å². The molecule has 0 spiro atoms. The molecule has 2 aromatic carbocycles. The molecule has 0 bridgehead atoms. The summed E-state index contributed by atoms with van der Waals surface area (Å²) in [6.45, 7) is 1.43. The largest absolute Gasteiger partial charge is 0.478 e. The van der Waals surface area contributed by atoms with E-state index in [2.05, 4.69) is 15.8 Å². The van der Waals surface area contributed by atoms with Crippen LogP contribution in [0.2, 0.25) is 0 Å². The SMILES string of the molecule is C[C@H](Oc1ccccc1F)C(=O)NNC(=O)CCc1nc2ccccc2c(=O)n1C. The number of aromatic nitrogens is 2. The quantitative estimate of drug-likeness (QED) is 0.599. The molecule has 30 heavy (non-hydrogen) atoms. The molecular formula is C21H21FN4O4. The number of ether oxygens (including phenoxy) is 1. The average molecular weight is 412 g/mol. The van der Waals surface area contributed by atoms with Crippen molar-refractivity contribution < 1.29 is 18.7 Å². The summed E-state index contributed by atoms with van der Waals surface area (Å²) in [5, 5.41) is 0.504. The predicted octanol–water partition coefficient (Wildman–Crippen LogP) is 1.62. The van der Waals surface area contributed by atoms with E-state index in [4.69, 9.17) is 4.74 Å². The molecule has 156 valence electrons. The Balaban J connectivity index is 1.53. The zero-order valence-electron chi connectivity index (χ0n) is 16.5. The fourth-order valence-electron chi connectivity index (χ4n) is 2.79. The van der Waals surface area contributed by atoms with Gasteiger partial charge in [0.1, 0.15) is 5.82 Å². The van der Waals surface area contributed by atoms with Crippen molar-refractivity contribution in [3.05, 3.63) is 70.5 Å². The van der Waals surface area contributed by atoms with E-state index in [1.807, 2.05) is 0 Å². The van der Waals surface area contributed by atoms with E-state index in [9.17, 15) is 18.8 Å². The zero-order chi connectivity index (χ0) is 21.7. The lowest BCUT2D eigenvalue weighted by Gasteiger charge is -2.15. The molecule has 2 amide bonds. The van der Waals surface area contributed by atoms with E-state index in [0.717, 1.165) is 0 Å². The molecule has 0 radical (unpaired) electrons. The number of rotatable bonds is 6. The second kappa shape index (κ2) is 9.17. The smallest absolute Gasteiger partial charge is 0.279 e. The highest BCUT2D eigenvalue weighted by molar-refractivity contribution is 5.84. The van der Waals surface area contributed by atoms with Gasteiger partial charge in [0.2, 0.25) is 5.91 Å². The Kier molecular flexibility index (Phi) is 6.41. The summed E-state index contributed by atoms with van der Waals surface area (Å²) in [6.07, 6.45) is -0.814. The highest BCUT2D eigenvalue weighted by atomic mass is 19.1. The van der Waals surface area contributed by atoms with Gasteiger partial charge >= 0.3 is 0 Å². The number of carbonyl (C=O) groups excluding carboxylic acids is 2. The lowest BCUT2D eigenvalue weighted by atomic mass is 10.2. The Hall–Kier alpha value is -3.75. The second-order valence-electron chi connectivity index (χ2n) is 6.64. The van der Waals surface area contributed by atoms with Gasteiger partial charge in [0, 0.05) is 19.9 Å². The van der Waals surface area contributed by atoms with Gasteiger partial charge in [-0.05, 0) is 31.2 Å². The molecule has 1 heterocycles. The number of carbonyl (C=O) groups is 2. The number of hydrazine groups is 1. The zero-order valence-corrected chi connectivity index (χ0v) is 16.5. The Morgan fingerprint density at radius 1 is 1.13 bits per heavy atom. The van der Waals surface area contributed by atoms with Crippen LogP contribution < -0.4 is 21.1 Å². The third kappa shape index (κ3) is 4.80. The first-order chi connectivity index (χ1) is 14.4. The number of nitrogens with one attached hydrogen (secondary N) is 2. The van der Waals surface area contributed by atoms with Crippen molar-refractivity contribution >= 4 is 22.7 Å². The third-order valence-electron chi connectivity index (χ3n) is 4.49. The van der Waals surface area contributed by atoms with Crippen LogP contribution in [0.1, 0.15) is 19.2 Å². The van der Waals surface area contributed by atoms with Crippen LogP contribution in [0, 0.1) is 5.82 Å². The maximum Gasteiger partial charge on any atom is 0.279 e. The van der Waals surface area contributed by atoms with Gasteiger partial charge in [0.25, 0.3) is 11.5 Å². The molecule has 3 rings (SSSR count). The van der Waals surface area contributed by atoms with Crippen molar-refractivity contribution in [1.29, 1.82) is 0 Å². The molecule has 2 N–H and O–H groups in total. The minimum absolute atomic E-state index is 0.00144. The van der Waals surface area contributed by atoms with Crippen LogP contribution in [0.5, 0.6) is 5.75 Å². The highest BCUT2D eigenvalue weighted by Gasteiger charge is 2.17. The summed E-state index contributed by atoms with van der Waals surface area (Å²) in [6, 6.07) is 12.7. The molecule has 1 aromatic heterocycles. The number of benzene rings is 2. The molecule has 0 saturated heterocycles. The van der Waals surface area contributed by atoms with Crippen LogP contribution in [-0.4, -0.2) is 27.5 Å². The number of hydrogen-bond acceptors (Lipinski definition) is 5. The monoisotopic (exact) mass is 412 g/mol. The molecule has 0 unspecified atom stereocenters. The van der Waals surface area contributed by atoms with E-state index in [1.165, 1.54) is 29.7 Å². The van der Waals surface area contributed by atoms with Crippen LogP contribution in [0.15, 0.2) is 53.3 Å². The second-order valence-corrected chi connectivity index (χ2v) is 6.64. The molecular weight excluding hydrogens is 391 g/mol. The molecule has 0 fully saturated rings. The third-order valence-corrected chi connectivity index (χ3v) is 4.49. The molecule has 9 heteroatoms. The van der Waals surface area contributed by atoms with Crippen LogP contribution in [0.3, 0.4) is 0 Å². The Morgan fingerprint density at radius 2 is 1.83 bits per heavy atom. The molecule has 0 aliphatic heterocycles. The molecule has 8 nitrogen and oxygen atoms in total. The minimum Gasteiger partial charge on any atom is -0.478 e. The first-order valence-electron chi connectivity index (χ1n) is 9.31. The van der Waals surface area contributed by atoms with Crippen molar-refractivity contribution in [2.24, 2.45) is 7.05 Å². The Bertz CT molecular complexity index is 1150. The average Bonchev–Trinajstić information content (AvgIpc) is 2.75. The van der Waals surface area contributed by atoms with Gasteiger partial charge in [0.05, 0.1) is 10.9 Å². The first-order valence-corrected chi connectivity index (χ1v) is 9.31. The fraction of sp³-hybridized carbons (Fsp3) is 0.238. The van der Waals surface area contributed by atoms with E-state index < -0.39 is 23.7 Å². The first kappa shape index (κ1) is 21.0. The molecule has 0 aliphatic carbocycles. The standard InChI is InChI=1S/C21H21FN4O4/c1-13(30-17-10-6-4-8-15(17)22)20(28)25-24-19(27)12-11-18-23-16-9-5-3-7-14(16)21(29)26(18)2/h3-10,13H,11-12H2,1-2H3,(H,24,27)(H,25,28)/t13-/m0/s1. The summed E-state index contributed by atoms with van der Waals surface area (Å²) >= 11 is 0. The minimum atomic E-state index is -1.02. The molecule has 1 atom stereocenters. The summed E-state index contributed by atoms with van der Waals surface area (Å²) in [7, 11) is 1.60. The Morgan fingerprint density at radius 3 is 2.60 bits per heavy atom. The number of halogens is 1. The normalized spacial score (nSPS) is 11.7. The van der Waals surface area contributed by atoms with Crippen LogP contribution in [0.4, 0.5) is 4.39 Å². The number of aryl methyl sites for hydroxylation is 1. The molecule has 0 saturated carbocycles. The highest BCUT2D eigenvalue weighted by Crippen LogP contribution is 2.16. The lowest BCUT2D eigenvalue weighted by Crippen LogP contribution is -2.47. The maximum absolute atomic E-state index is 13.6. The van der Waals surface area contributed by atoms with Crippen LogP contribution in [0.25, 0.3) is 10.9 Å². The van der Waals surface area contributed by atoms with Gasteiger partial charge in [-0.15, -0.1) is 0 Å². The number of fused-ring (bicyclic) bond motifs is 1. The van der Waals surface area contributed by atoms with Gasteiger partial charge < -0.3 is 4.74 Å². The fourth-order valence-corrected chi connectivity index (χ4v) is 2.79. The van der Waals surface area contributed by atoms with E-state index in [1.54, 1.807) is 37.4 Å². The van der Waals surface area contributed by atoms with Crippen molar-refractivity contribution in [2.45, 2.75) is 25.9 Å². The molecule has 0 aliphatic rings. The van der Waals surface area contributed by atoms with Gasteiger partial charge in [-0.2, -0.15) is 0 Å².